The van der Waals surface area contributed by atoms with Crippen LogP contribution in [0.1, 0.15) is 25.3 Å². The first-order valence-electron chi connectivity index (χ1n) is 6.34. The molecule has 2 heterocycles. The number of pyridine rings is 1. The molecule has 0 aromatic carbocycles. The molecule has 0 saturated carbocycles. The van der Waals surface area contributed by atoms with Crippen molar-refractivity contribution in [3.63, 3.8) is 0 Å². The Hall–Kier alpha value is -1.17. The number of hydrogen-bond acceptors (Lipinski definition) is 5. The van der Waals surface area contributed by atoms with Gasteiger partial charge in [0, 0.05) is 26.4 Å². The summed E-state index contributed by atoms with van der Waals surface area (Å²) in [6.07, 6.45) is 4.09. The van der Waals surface area contributed by atoms with Gasteiger partial charge in [-0.25, -0.2) is 10.8 Å². The highest BCUT2D eigenvalue weighted by Gasteiger charge is 2.30. The van der Waals surface area contributed by atoms with E-state index in [0.29, 0.717) is 5.82 Å². The lowest BCUT2D eigenvalue weighted by atomic mass is 9.94. The zero-order chi connectivity index (χ0) is 13.0. The predicted molar refractivity (Wildman–Crippen MR) is 72.0 cm³/mol. The number of likely N-dealkylation sites (tertiary alicyclic amines) is 1. The number of ether oxygens (including phenoxy) is 1. The maximum absolute atomic E-state index is 5.61. The molecule has 1 aromatic rings. The summed E-state index contributed by atoms with van der Waals surface area (Å²) >= 11 is 0. The van der Waals surface area contributed by atoms with Gasteiger partial charge in [0.25, 0.3) is 0 Å². The SMILES string of the molecule is COC1(C)CCCN(Cc2ccnc(NN)c2)C1. The van der Waals surface area contributed by atoms with E-state index < -0.39 is 0 Å². The van der Waals surface area contributed by atoms with E-state index in [0.717, 1.165) is 26.1 Å². The van der Waals surface area contributed by atoms with Crippen molar-refractivity contribution in [3.05, 3.63) is 23.9 Å². The smallest absolute Gasteiger partial charge is 0.140 e. The Morgan fingerprint density at radius 1 is 1.61 bits per heavy atom. The van der Waals surface area contributed by atoms with Crippen molar-refractivity contribution in [2.45, 2.75) is 31.9 Å². The van der Waals surface area contributed by atoms with E-state index in [1.807, 2.05) is 12.1 Å². The van der Waals surface area contributed by atoms with Crippen molar-refractivity contribution in [3.8, 4) is 0 Å². The van der Waals surface area contributed by atoms with Crippen LogP contribution in [0.4, 0.5) is 5.82 Å². The number of anilines is 1. The van der Waals surface area contributed by atoms with Crippen LogP contribution in [0.2, 0.25) is 0 Å². The topological polar surface area (TPSA) is 63.4 Å². The van der Waals surface area contributed by atoms with E-state index in [2.05, 4.69) is 22.2 Å². The second kappa shape index (κ2) is 5.65. The van der Waals surface area contributed by atoms with Crippen LogP contribution < -0.4 is 11.3 Å². The van der Waals surface area contributed by atoms with Gasteiger partial charge < -0.3 is 10.2 Å². The molecule has 1 aromatic heterocycles. The lowest BCUT2D eigenvalue weighted by molar-refractivity contribution is -0.0527. The highest BCUT2D eigenvalue weighted by Crippen LogP contribution is 2.25. The lowest BCUT2D eigenvalue weighted by Crippen LogP contribution is -2.46. The van der Waals surface area contributed by atoms with E-state index in [-0.39, 0.29) is 5.60 Å². The van der Waals surface area contributed by atoms with Crippen LogP contribution >= 0.6 is 0 Å². The first-order chi connectivity index (χ1) is 8.65. The Labute approximate surface area is 108 Å². The Kier molecular flexibility index (Phi) is 4.16. The van der Waals surface area contributed by atoms with Crippen LogP contribution in [-0.2, 0) is 11.3 Å². The fourth-order valence-electron chi connectivity index (χ4n) is 2.52. The van der Waals surface area contributed by atoms with Crippen molar-refractivity contribution < 1.29 is 4.74 Å². The lowest BCUT2D eigenvalue weighted by Gasteiger charge is -2.39. The van der Waals surface area contributed by atoms with Gasteiger partial charge in [0.15, 0.2) is 0 Å². The molecule has 0 bridgehead atoms. The summed E-state index contributed by atoms with van der Waals surface area (Å²) in [5.41, 5.74) is 3.78. The quantitative estimate of drug-likeness (QED) is 0.624. The monoisotopic (exact) mass is 250 g/mol. The summed E-state index contributed by atoms with van der Waals surface area (Å²) in [5.74, 6) is 6.08. The van der Waals surface area contributed by atoms with Crippen LogP contribution in [0.5, 0.6) is 0 Å². The van der Waals surface area contributed by atoms with Gasteiger partial charge in [-0.3, -0.25) is 4.90 Å². The van der Waals surface area contributed by atoms with Gasteiger partial charge in [0.1, 0.15) is 5.82 Å². The van der Waals surface area contributed by atoms with Gasteiger partial charge in [-0.15, -0.1) is 0 Å². The molecule has 1 saturated heterocycles. The van der Waals surface area contributed by atoms with Crippen molar-refractivity contribution in [1.82, 2.24) is 9.88 Å². The van der Waals surface area contributed by atoms with E-state index in [9.17, 15) is 0 Å². The number of nitrogen functional groups attached to an aromatic ring is 1. The van der Waals surface area contributed by atoms with Gasteiger partial charge in [-0.2, -0.15) is 0 Å². The number of hydrazine groups is 1. The molecule has 2 rings (SSSR count). The number of piperidine rings is 1. The Morgan fingerprint density at radius 2 is 2.44 bits per heavy atom. The normalized spacial score (nSPS) is 25.1. The molecule has 5 nitrogen and oxygen atoms in total. The van der Waals surface area contributed by atoms with E-state index in [4.69, 9.17) is 10.6 Å². The number of nitrogens with zero attached hydrogens (tertiary/aromatic N) is 2. The predicted octanol–water partition coefficient (Wildman–Crippen LogP) is 1.37. The number of aromatic nitrogens is 1. The summed E-state index contributed by atoms with van der Waals surface area (Å²) in [7, 11) is 1.80. The molecular weight excluding hydrogens is 228 g/mol. The molecule has 1 aliphatic rings. The van der Waals surface area contributed by atoms with Crippen LogP contribution in [-0.4, -0.2) is 35.7 Å². The Balaban J connectivity index is 2.00. The number of methoxy groups -OCH3 is 1. The third-order valence-corrected chi connectivity index (χ3v) is 3.61. The number of hydrogen-bond donors (Lipinski definition) is 2. The third kappa shape index (κ3) is 3.19. The molecule has 1 atom stereocenters. The minimum Gasteiger partial charge on any atom is -0.377 e. The second-order valence-corrected chi connectivity index (χ2v) is 5.16. The molecule has 0 amide bonds. The molecular formula is C13H22N4O. The summed E-state index contributed by atoms with van der Waals surface area (Å²) < 4.78 is 5.61. The van der Waals surface area contributed by atoms with Gasteiger partial charge in [-0.1, -0.05) is 0 Å². The van der Waals surface area contributed by atoms with Crippen LogP contribution in [0, 0.1) is 0 Å². The van der Waals surface area contributed by atoms with Gasteiger partial charge >= 0.3 is 0 Å². The maximum atomic E-state index is 5.61. The fourth-order valence-corrected chi connectivity index (χ4v) is 2.52. The molecule has 18 heavy (non-hydrogen) atoms. The largest absolute Gasteiger partial charge is 0.377 e. The molecule has 1 aliphatic heterocycles. The second-order valence-electron chi connectivity index (χ2n) is 5.16. The van der Waals surface area contributed by atoms with Crippen molar-refractivity contribution in [2.24, 2.45) is 5.84 Å². The highest BCUT2D eigenvalue weighted by molar-refractivity contribution is 5.35. The van der Waals surface area contributed by atoms with Crippen LogP contribution in [0.25, 0.3) is 0 Å². The average molecular weight is 250 g/mol. The van der Waals surface area contributed by atoms with Gasteiger partial charge in [0.2, 0.25) is 0 Å². The fraction of sp³-hybridized carbons (Fsp3) is 0.615. The molecule has 1 unspecified atom stereocenters. The zero-order valence-corrected chi connectivity index (χ0v) is 11.1. The third-order valence-electron chi connectivity index (χ3n) is 3.61. The first kappa shape index (κ1) is 13.3. The average Bonchev–Trinajstić information content (AvgIpc) is 2.39. The summed E-state index contributed by atoms with van der Waals surface area (Å²) in [4.78, 5) is 6.54. The van der Waals surface area contributed by atoms with Crippen LogP contribution in [0.15, 0.2) is 18.3 Å². The number of nitrogens with one attached hydrogen (secondary N) is 1. The van der Waals surface area contributed by atoms with Crippen LogP contribution in [0.3, 0.4) is 0 Å². The number of nitrogens with two attached hydrogens (primary N) is 1. The highest BCUT2D eigenvalue weighted by atomic mass is 16.5. The summed E-state index contributed by atoms with van der Waals surface area (Å²) in [6.45, 7) is 5.18. The van der Waals surface area contributed by atoms with E-state index in [1.54, 1.807) is 13.3 Å². The van der Waals surface area contributed by atoms with Gasteiger partial charge in [-0.05, 0) is 44.0 Å². The molecule has 3 N–H and O–H groups in total. The first-order valence-corrected chi connectivity index (χ1v) is 6.34. The standard InChI is InChI=1S/C13H22N4O/c1-13(18-2)5-3-7-17(10-13)9-11-4-6-15-12(8-11)16-14/h4,6,8H,3,5,7,9-10,14H2,1-2H3,(H,15,16). The van der Waals surface area contributed by atoms with E-state index in [1.165, 1.54) is 12.0 Å². The molecule has 0 spiro atoms. The maximum Gasteiger partial charge on any atom is 0.140 e. The van der Waals surface area contributed by atoms with Crippen molar-refractivity contribution in [2.75, 3.05) is 25.6 Å². The van der Waals surface area contributed by atoms with Gasteiger partial charge in [0.05, 0.1) is 5.60 Å². The minimum atomic E-state index is -0.0137. The minimum absolute atomic E-state index is 0.0137. The molecule has 1 fully saturated rings. The summed E-state index contributed by atoms with van der Waals surface area (Å²) in [6, 6.07) is 4.01. The van der Waals surface area contributed by atoms with E-state index >= 15 is 0 Å². The Morgan fingerprint density at radius 3 is 3.17 bits per heavy atom. The number of rotatable bonds is 4. The molecule has 0 aliphatic carbocycles. The van der Waals surface area contributed by atoms with Crippen molar-refractivity contribution >= 4 is 5.82 Å². The zero-order valence-electron chi connectivity index (χ0n) is 11.1. The molecule has 5 heteroatoms. The molecule has 0 radical (unpaired) electrons. The van der Waals surface area contributed by atoms with Crippen molar-refractivity contribution in [1.29, 1.82) is 0 Å². The molecule has 100 valence electrons. The summed E-state index contributed by atoms with van der Waals surface area (Å²) in [5, 5.41) is 0. The Bertz CT molecular complexity index is 398.